The standard InChI is InChI=1S/C13H18N2O4S/c1-4-19-9-5-13(11(17)18,12(9,2)3)15-10(16)8-6-20-7-14-8/h6-7,9H,4-5H2,1-3H3,(H,15,16)(H,17,18)/t9-,13+/m1/s1. The van der Waals surface area contributed by atoms with E-state index in [1.54, 1.807) is 19.2 Å². The quantitative estimate of drug-likeness (QED) is 0.860. The van der Waals surface area contributed by atoms with Gasteiger partial charge in [-0.1, -0.05) is 13.8 Å². The van der Waals surface area contributed by atoms with Crippen LogP contribution in [0.5, 0.6) is 0 Å². The molecular weight excluding hydrogens is 280 g/mol. The Labute approximate surface area is 121 Å². The van der Waals surface area contributed by atoms with Crippen LogP contribution in [0.15, 0.2) is 10.9 Å². The van der Waals surface area contributed by atoms with Crippen molar-refractivity contribution in [3.8, 4) is 0 Å². The van der Waals surface area contributed by atoms with Gasteiger partial charge in [0.1, 0.15) is 11.2 Å². The van der Waals surface area contributed by atoms with E-state index in [4.69, 9.17) is 4.74 Å². The molecule has 1 aromatic heterocycles. The van der Waals surface area contributed by atoms with Gasteiger partial charge in [-0.2, -0.15) is 0 Å². The van der Waals surface area contributed by atoms with Crippen LogP contribution in [-0.4, -0.2) is 40.2 Å². The normalized spacial score (nSPS) is 27.6. The molecule has 1 saturated carbocycles. The summed E-state index contributed by atoms with van der Waals surface area (Å²) in [6.07, 6.45) is 0.0818. The third-order valence-electron chi connectivity index (χ3n) is 4.12. The molecule has 0 aromatic carbocycles. The van der Waals surface area contributed by atoms with Crippen molar-refractivity contribution in [2.75, 3.05) is 6.61 Å². The summed E-state index contributed by atoms with van der Waals surface area (Å²) in [5.41, 5.74) is -0.211. The highest BCUT2D eigenvalue weighted by Gasteiger charge is 2.66. The summed E-state index contributed by atoms with van der Waals surface area (Å²) < 4.78 is 5.54. The predicted molar refractivity (Wildman–Crippen MR) is 73.8 cm³/mol. The number of hydrogen-bond donors (Lipinski definition) is 2. The van der Waals surface area contributed by atoms with Gasteiger partial charge in [0.25, 0.3) is 5.91 Å². The highest BCUT2D eigenvalue weighted by Crippen LogP contribution is 2.51. The molecule has 2 rings (SSSR count). The first kappa shape index (κ1) is 14.9. The largest absolute Gasteiger partial charge is 0.479 e. The van der Waals surface area contributed by atoms with Gasteiger partial charge in [-0.15, -0.1) is 11.3 Å². The second kappa shape index (κ2) is 5.14. The van der Waals surface area contributed by atoms with Crippen molar-refractivity contribution in [2.45, 2.75) is 38.8 Å². The number of aromatic nitrogens is 1. The highest BCUT2D eigenvalue weighted by molar-refractivity contribution is 7.07. The van der Waals surface area contributed by atoms with Crippen LogP contribution in [-0.2, 0) is 9.53 Å². The lowest BCUT2D eigenvalue weighted by molar-refractivity contribution is -0.190. The maximum atomic E-state index is 12.1. The van der Waals surface area contributed by atoms with Gasteiger partial charge in [0, 0.05) is 23.8 Å². The number of nitrogens with one attached hydrogen (secondary N) is 1. The van der Waals surface area contributed by atoms with Crippen LogP contribution < -0.4 is 5.32 Å². The van der Waals surface area contributed by atoms with Crippen molar-refractivity contribution in [1.82, 2.24) is 10.3 Å². The van der Waals surface area contributed by atoms with Crippen LogP contribution in [0.3, 0.4) is 0 Å². The Hall–Kier alpha value is -1.47. The summed E-state index contributed by atoms with van der Waals surface area (Å²) in [5.74, 6) is -1.50. The van der Waals surface area contributed by atoms with Crippen LogP contribution in [0.25, 0.3) is 0 Å². The monoisotopic (exact) mass is 298 g/mol. The molecule has 1 fully saturated rings. The average Bonchev–Trinajstić information content (AvgIpc) is 2.90. The third-order valence-corrected chi connectivity index (χ3v) is 4.71. The Morgan fingerprint density at radius 1 is 1.60 bits per heavy atom. The van der Waals surface area contributed by atoms with Crippen molar-refractivity contribution < 1.29 is 19.4 Å². The molecule has 1 aromatic rings. The van der Waals surface area contributed by atoms with E-state index in [0.29, 0.717) is 6.61 Å². The van der Waals surface area contributed by atoms with Crippen molar-refractivity contribution in [1.29, 1.82) is 0 Å². The summed E-state index contributed by atoms with van der Waals surface area (Å²) in [6.45, 7) is 5.98. The second-order valence-electron chi connectivity index (χ2n) is 5.41. The highest BCUT2D eigenvalue weighted by atomic mass is 32.1. The van der Waals surface area contributed by atoms with Gasteiger partial charge >= 0.3 is 5.97 Å². The van der Waals surface area contributed by atoms with Crippen LogP contribution in [0.1, 0.15) is 37.7 Å². The lowest BCUT2D eigenvalue weighted by Gasteiger charge is -2.58. The van der Waals surface area contributed by atoms with Crippen LogP contribution in [0.2, 0.25) is 0 Å². The van der Waals surface area contributed by atoms with Gasteiger partial charge in [-0.25, -0.2) is 9.78 Å². The van der Waals surface area contributed by atoms with E-state index in [1.807, 2.05) is 6.92 Å². The number of aliphatic carboxylic acids is 1. The first-order valence-electron chi connectivity index (χ1n) is 6.41. The molecule has 0 aliphatic heterocycles. The molecule has 1 heterocycles. The van der Waals surface area contributed by atoms with Gasteiger partial charge in [0.15, 0.2) is 0 Å². The summed E-state index contributed by atoms with van der Waals surface area (Å²) in [4.78, 5) is 27.7. The van der Waals surface area contributed by atoms with Crippen LogP contribution >= 0.6 is 11.3 Å². The van der Waals surface area contributed by atoms with Crippen molar-refractivity contribution in [2.24, 2.45) is 5.41 Å². The first-order chi connectivity index (χ1) is 9.35. The van der Waals surface area contributed by atoms with E-state index < -0.39 is 22.8 Å². The zero-order valence-electron chi connectivity index (χ0n) is 11.7. The molecule has 0 radical (unpaired) electrons. The fourth-order valence-electron chi connectivity index (χ4n) is 2.62. The summed E-state index contributed by atoms with van der Waals surface area (Å²) >= 11 is 1.29. The molecule has 1 aliphatic rings. The van der Waals surface area contributed by atoms with E-state index in [2.05, 4.69) is 10.3 Å². The Kier molecular flexibility index (Phi) is 3.84. The van der Waals surface area contributed by atoms with Crippen LogP contribution in [0, 0.1) is 5.41 Å². The minimum Gasteiger partial charge on any atom is -0.479 e. The molecule has 1 aliphatic carbocycles. The van der Waals surface area contributed by atoms with Crippen molar-refractivity contribution in [3.63, 3.8) is 0 Å². The van der Waals surface area contributed by atoms with Gasteiger partial charge in [-0.05, 0) is 6.92 Å². The average molecular weight is 298 g/mol. The molecule has 20 heavy (non-hydrogen) atoms. The van der Waals surface area contributed by atoms with E-state index >= 15 is 0 Å². The number of carbonyl (C=O) groups excluding carboxylic acids is 1. The Morgan fingerprint density at radius 3 is 2.75 bits per heavy atom. The predicted octanol–water partition coefficient (Wildman–Crippen LogP) is 1.53. The number of hydrogen-bond acceptors (Lipinski definition) is 5. The van der Waals surface area contributed by atoms with Crippen molar-refractivity contribution in [3.05, 3.63) is 16.6 Å². The molecule has 2 N–H and O–H groups in total. The van der Waals surface area contributed by atoms with E-state index in [9.17, 15) is 14.7 Å². The van der Waals surface area contributed by atoms with Crippen LogP contribution in [0.4, 0.5) is 0 Å². The number of nitrogens with zero attached hydrogens (tertiary/aromatic N) is 1. The fraction of sp³-hybridized carbons (Fsp3) is 0.615. The number of carboxylic acids is 1. The molecule has 6 nitrogen and oxygen atoms in total. The molecule has 0 unspecified atom stereocenters. The lowest BCUT2D eigenvalue weighted by Crippen LogP contribution is -2.76. The molecule has 1 amide bonds. The Morgan fingerprint density at radius 2 is 2.30 bits per heavy atom. The minimum atomic E-state index is -1.31. The summed E-state index contributed by atoms with van der Waals surface area (Å²) in [6, 6.07) is 0. The number of rotatable bonds is 5. The second-order valence-corrected chi connectivity index (χ2v) is 6.13. The van der Waals surface area contributed by atoms with E-state index in [0.717, 1.165) is 0 Å². The SMILES string of the molecule is CCO[C@@H]1C[C@](NC(=O)c2cscn2)(C(=O)O)C1(C)C. The molecular formula is C13H18N2O4S. The Bertz CT molecular complexity index is 514. The number of ether oxygens (including phenoxy) is 1. The number of amides is 1. The zero-order chi connectivity index (χ0) is 15.0. The number of carboxylic acid groups (broad SMARTS) is 1. The van der Waals surface area contributed by atoms with Gasteiger partial charge in [-0.3, -0.25) is 4.79 Å². The number of thiazole rings is 1. The zero-order valence-corrected chi connectivity index (χ0v) is 12.5. The lowest BCUT2D eigenvalue weighted by atomic mass is 9.54. The topological polar surface area (TPSA) is 88.5 Å². The first-order valence-corrected chi connectivity index (χ1v) is 7.35. The summed E-state index contributed by atoms with van der Waals surface area (Å²) in [5, 5.41) is 13.8. The third kappa shape index (κ3) is 2.10. The fourth-order valence-corrected chi connectivity index (χ4v) is 3.15. The van der Waals surface area contributed by atoms with Crippen molar-refractivity contribution >= 4 is 23.2 Å². The molecule has 0 saturated heterocycles. The van der Waals surface area contributed by atoms with Gasteiger partial charge < -0.3 is 15.2 Å². The molecule has 110 valence electrons. The maximum absolute atomic E-state index is 12.1. The molecule has 0 bridgehead atoms. The molecule has 7 heteroatoms. The molecule has 2 atom stereocenters. The van der Waals surface area contributed by atoms with Gasteiger partial charge in [0.2, 0.25) is 0 Å². The van der Waals surface area contributed by atoms with E-state index in [1.165, 1.54) is 16.8 Å². The Balaban J connectivity index is 2.21. The van der Waals surface area contributed by atoms with Gasteiger partial charge in [0.05, 0.1) is 11.6 Å². The smallest absolute Gasteiger partial charge is 0.330 e. The number of carbonyl (C=O) groups is 2. The minimum absolute atomic E-state index is 0.181. The molecule has 0 spiro atoms. The summed E-state index contributed by atoms with van der Waals surface area (Å²) in [7, 11) is 0. The van der Waals surface area contributed by atoms with E-state index in [-0.39, 0.29) is 18.2 Å². The maximum Gasteiger partial charge on any atom is 0.330 e.